The third kappa shape index (κ3) is 9.55. The van der Waals surface area contributed by atoms with Crippen LogP contribution in [0.5, 0.6) is 17.2 Å². The highest BCUT2D eigenvalue weighted by atomic mass is 31.2. The number of unbranched alkanes of at least 4 members (excludes halogenated alkanes) is 6. The number of hydrogen-bond donors (Lipinski definition) is 0. The molecule has 3 rings (SSSR count). The molecule has 0 spiro atoms. The Labute approximate surface area is 230 Å². The molecule has 0 amide bonds. The van der Waals surface area contributed by atoms with E-state index >= 15 is 0 Å². The van der Waals surface area contributed by atoms with Crippen LogP contribution in [0.4, 0.5) is 0 Å². The minimum Gasteiger partial charge on any atom is -0.386 e. The van der Waals surface area contributed by atoms with E-state index in [1.807, 2.05) is 72.8 Å². The third-order valence-corrected chi connectivity index (χ3v) is 7.96. The molecule has 3 aromatic carbocycles. The molecule has 0 aliphatic rings. The monoisotopic (exact) mass is 536 g/mol. The molecule has 0 aliphatic carbocycles. The molecule has 0 fully saturated rings. The molecule has 0 bridgehead atoms. The van der Waals surface area contributed by atoms with E-state index in [2.05, 4.69) is 20.8 Å². The van der Waals surface area contributed by atoms with Crippen molar-refractivity contribution >= 4 is 7.82 Å². The fraction of sp³-hybridized carbons (Fsp3) is 0.455. The number of rotatable bonds is 18. The SMILES string of the molecule is CCCCCc1ccccc1OP(=O)(Oc1ccccc1CCCCC)Oc1ccccc1CCCCC. The lowest BCUT2D eigenvalue weighted by Gasteiger charge is -2.23. The van der Waals surface area contributed by atoms with Gasteiger partial charge in [-0.05, 0) is 73.4 Å². The van der Waals surface area contributed by atoms with Gasteiger partial charge in [0.05, 0.1) is 0 Å². The van der Waals surface area contributed by atoms with Gasteiger partial charge >= 0.3 is 7.82 Å². The molecule has 4 nitrogen and oxygen atoms in total. The number of hydrogen-bond acceptors (Lipinski definition) is 4. The van der Waals surface area contributed by atoms with Crippen LogP contribution in [0.3, 0.4) is 0 Å². The fourth-order valence-electron chi connectivity index (χ4n) is 4.51. The van der Waals surface area contributed by atoms with Crippen molar-refractivity contribution in [3.05, 3.63) is 89.5 Å². The second kappa shape index (κ2) is 16.3. The van der Waals surface area contributed by atoms with Gasteiger partial charge in [0.15, 0.2) is 0 Å². The molecule has 0 saturated carbocycles. The Morgan fingerprint density at radius 2 is 0.763 bits per heavy atom. The molecule has 206 valence electrons. The number of phosphoric acid groups is 1. The van der Waals surface area contributed by atoms with Crippen molar-refractivity contribution in [2.24, 2.45) is 0 Å². The average molecular weight is 537 g/mol. The van der Waals surface area contributed by atoms with Crippen LogP contribution in [0.2, 0.25) is 0 Å². The summed E-state index contributed by atoms with van der Waals surface area (Å²) in [4.78, 5) is 0. The molecule has 0 N–H and O–H groups in total. The molecule has 0 unspecified atom stereocenters. The topological polar surface area (TPSA) is 44.8 Å². The second-order valence-electron chi connectivity index (χ2n) is 9.92. The largest absolute Gasteiger partial charge is 0.647 e. The minimum absolute atomic E-state index is 0.555. The van der Waals surface area contributed by atoms with Gasteiger partial charge in [-0.3, -0.25) is 0 Å². The maximum absolute atomic E-state index is 14.5. The Balaban J connectivity index is 1.94. The molecule has 0 aliphatic heterocycles. The van der Waals surface area contributed by atoms with Gasteiger partial charge in [-0.15, -0.1) is 0 Å². The van der Waals surface area contributed by atoms with E-state index in [0.29, 0.717) is 17.2 Å². The van der Waals surface area contributed by atoms with E-state index in [1.165, 1.54) is 0 Å². The van der Waals surface area contributed by atoms with E-state index in [1.54, 1.807) is 0 Å². The van der Waals surface area contributed by atoms with Crippen molar-refractivity contribution in [2.75, 3.05) is 0 Å². The highest BCUT2D eigenvalue weighted by molar-refractivity contribution is 7.49. The molecular weight excluding hydrogens is 491 g/mol. The van der Waals surface area contributed by atoms with Crippen LogP contribution in [-0.2, 0) is 23.8 Å². The molecule has 0 radical (unpaired) electrons. The van der Waals surface area contributed by atoms with Gasteiger partial charge in [-0.1, -0.05) is 114 Å². The Morgan fingerprint density at radius 1 is 0.474 bits per heavy atom. The Hall–Kier alpha value is -2.71. The molecule has 0 heterocycles. The lowest BCUT2D eigenvalue weighted by molar-refractivity contribution is 0.295. The lowest BCUT2D eigenvalue weighted by Crippen LogP contribution is -2.10. The first kappa shape index (κ1) is 29.8. The predicted molar refractivity (Wildman–Crippen MR) is 159 cm³/mol. The van der Waals surface area contributed by atoms with Gasteiger partial charge in [-0.25, -0.2) is 0 Å². The van der Waals surface area contributed by atoms with Gasteiger partial charge in [0.2, 0.25) is 0 Å². The molecule has 0 saturated heterocycles. The van der Waals surface area contributed by atoms with Crippen molar-refractivity contribution in [2.45, 2.75) is 97.8 Å². The van der Waals surface area contributed by atoms with E-state index in [9.17, 15) is 4.57 Å². The molecule has 0 atom stereocenters. The van der Waals surface area contributed by atoms with Crippen molar-refractivity contribution in [3.8, 4) is 17.2 Å². The summed E-state index contributed by atoms with van der Waals surface area (Å²) in [5.74, 6) is 1.66. The zero-order valence-corrected chi connectivity index (χ0v) is 24.4. The smallest absolute Gasteiger partial charge is 0.386 e. The molecule has 38 heavy (non-hydrogen) atoms. The van der Waals surface area contributed by atoms with Crippen LogP contribution in [0, 0.1) is 0 Å². The van der Waals surface area contributed by atoms with Crippen molar-refractivity contribution < 1.29 is 18.1 Å². The molecular formula is C33H45O4P. The summed E-state index contributed by atoms with van der Waals surface area (Å²) in [6.07, 6.45) is 12.5. The number of aryl methyl sites for hydroxylation is 3. The summed E-state index contributed by atoms with van der Waals surface area (Å²) < 4.78 is 33.2. The quantitative estimate of drug-likeness (QED) is 0.120. The summed E-state index contributed by atoms with van der Waals surface area (Å²) in [6, 6.07) is 23.4. The standard InChI is InChI=1S/C33H45O4P/c1-4-7-10-19-28-22-13-16-25-31(28)35-38(34,36-32-26-17-14-23-29(32)20-11-8-5-2)37-33-27-18-15-24-30(33)21-12-9-6-3/h13-18,22-27H,4-12,19-21H2,1-3H3. The summed E-state index contributed by atoms with van der Waals surface area (Å²) in [7, 11) is -4.08. The second-order valence-corrected chi connectivity index (χ2v) is 11.4. The Kier molecular flexibility index (Phi) is 12.8. The predicted octanol–water partition coefficient (Wildman–Crippen LogP) is 10.5. The van der Waals surface area contributed by atoms with Crippen LogP contribution in [-0.4, -0.2) is 0 Å². The van der Waals surface area contributed by atoms with E-state index < -0.39 is 7.82 Å². The van der Waals surface area contributed by atoms with Crippen LogP contribution in [0.1, 0.15) is 95.2 Å². The number of para-hydroxylation sites is 3. The Morgan fingerprint density at radius 3 is 1.05 bits per heavy atom. The third-order valence-electron chi connectivity index (χ3n) is 6.70. The first-order valence-electron chi connectivity index (χ1n) is 14.5. The maximum Gasteiger partial charge on any atom is 0.647 e. The van der Waals surface area contributed by atoms with Gasteiger partial charge < -0.3 is 13.6 Å². The summed E-state index contributed by atoms with van der Waals surface area (Å²) in [5, 5.41) is 0. The highest BCUT2D eigenvalue weighted by Gasteiger charge is 2.35. The zero-order chi connectivity index (χ0) is 27.1. The normalized spacial score (nSPS) is 11.3. The molecule has 5 heteroatoms. The van der Waals surface area contributed by atoms with Gasteiger partial charge in [-0.2, -0.15) is 4.57 Å². The van der Waals surface area contributed by atoms with Gasteiger partial charge in [0, 0.05) is 0 Å². The van der Waals surface area contributed by atoms with Gasteiger partial charge in [0.1, 0.15) is 17.2 Å². The lowest BCUT2D eigenvalue weighted by atomic mass is 10.1. The van der Waals surface area contributed by atoms with Crippen molar-refractivity contribution in [1.82, 2.24) is 0 Å². The number of phosphoric ester groups is 1. The zero-order valence-electron chi connectivity index (χ0n) is 23.5. The Bertz CT molecular complexity index is 1000. The summed E-state index contributed by atoms with van der Waals surface area (Å²) >= 11 is 0. The van der Waals surface area contributed by atoms with Crippen LogP contribution in [0.15, 0.2) is 72.8 Å². The molecule has 3 aromatic rings. The highest BCUT2D eigenvalue weighted by Crippen LogP contribution is 2.52. The van der Waals surface area contributed by atoms with E-state index in [-0.39, 0.29) is 0 Å². The van der Waals surface area contributed by atoms with Gasteiger partial charge in [0.25, 0.3) is 0 Å². The number of benzene rings is 3. The van der Waals surface area contributed by atoms with Crippen LogP contribution < -0.4 is 13.6 Å². The first-order chi connectivity index (χ1) is 18.6. The molecule has 0 aromatic heterocycles. The van der Waals surface area contributed by atoms with E-state index in [4.69, 9.17) is 13.6 Å². The minimum atomic E-state index is -4.08. The van der Waals surface area contributed by atoms with E-state index in [0.717, 1.165) is 93.7 Å². The fourth-order valence-corrected chi connectivity index (χ4v) is 5.88. The van der Waals surface area contributed by atoms with Crippen molar-refractivity contribution in [3.63, 3.8) is 0 Å². The first-order valence-corrected chi connectivity index (χ1v) is 16.0. The van der Waals surface area contributed by atoms with Crippen molar-refractivity contribution in [1.29, 1.82) is 0 Å². The van der Waals surface area contributed by atoms with Crippen LogP contribution >= 0.6 is 7.82 Å². The summed E-state index contributed by atoms with van der Waals surface area (Å²) in [5.41, 5.74) is 3.04. The summed E-state index contributed by atoms with van der Waals surface area (Å²) in [6.45, 7) is 6.57. The van der Waals surface area contributed by atoms with Crippen LogP contribution in [0.25, 0.3) is 0 Å². The average Bonchev–Trinajstić information content (AvgIpc) is 2.92. The maximum atomic E-state index is 14.5.